The molecule has 0 bridgehead atoms. The minimum atomic E-state index is -0.259. The number of nitrogens with one attached hydrogen (secondary N) is 1. The molecule has 0 radical (unpaired) electrons. The van der Waals surface area contributed by atoms with Crippen molar-refractivity contribution in [2.24, 2.45) is 0 Å². The van der Waals surface area contributed by atoms with Gasteiger partial charge in [-0.25, -0.2) is 0 Å². The molecule has 0 atom stereocenters. The zero-order valence-electron chi connectivity index (χ0n) is 13.4. The van der Waals surface area contributed by atoms with Gasteiger partial charge in [-0.05, 0) is 26.0 Å². The second-order valence-electron chi connectivity index (χ2n) is 5.17. The number of hydrogen-bond acceptors (Lipinski definition) is 5. The zero-order chi connectivity index (χ0) is 16.9. The molecule has 122 valence electrons. The Morgan fingerprint density at radius 1 is 1.17 bits per heavy atom. The van der Waals surface area contributed by atoms with E-state index in [1.165, 1.54) is 5.56 Å². The number of carbonyl (C=O) groups excluding carboxylic acids is 1. The lowest BCUT2D eigenvalue weighted by atomic mass is 10.1. The first-order chi connectivity index (χ1) is 11.7. The van der Waals surface area contributed by atoms with Crippen molar-refractivity contribution < 1.29 is 9.53 Å². The Balaban J connectivity index is 1.77. The van der Waals surface area contributed by atoms with Crippen molar-refractivity contribution in [1.29, 1.82) is 0 Å². The van der Waals surface area contributed by atoms with Crippen LogP contribution in [0.15, 0.2) is 48.5 Å². The molecule has 0 spiro atoms. The lowest BCUT2D eigenvalue weighted by Crippen LogP contribution is -2.13. The first-order valence-electron chi connectivity index (χ1n) is 7.61. The van der Waals surface area contributed by atoms with Crippen LogP contribution in [0.3, 0.4) is 0 Å². The third kappa shape index (κ3) is 3.60. The molecule has 0 fully saturated rings. The highest BCUT2D eigenvalue weighted by Gasteiger charge is 2.14. The van der Waals surface area contributed by atoms with Gasteiger partial charge in [-0.2, -0.15) is 9.36 Å². The van der Waals surface area contributed by atoms with Gasteiger partial charge in [0.25, 0.3) is 5.91 Å². The van der Waals surface area contributed by atoms with Crippen LogP contribution in [0.4, 0.5) is 5.13 Å². The average molecular weight is 339 g/mol. The number of anilines is 1. The number of aryl methyl sites for hydroxylation is 1. The Morgan fingerprint density at radius 2 is 1.92 bits per heavy atom. The molecule has 0 unspecified atom stereocenters. The fourth-order valence-corrected chi connectivity index (χ4v) is 2.78. The molecule has 1 heterocycles. The molecule has 0 aliphatic carbocycles. The minimum Gasteiger partial charge on any atom is -0.493 e. The average Bonchev–Trinajstić information content (AvgIpc) is 3.05. The Hall–Kier alpha value is -2.73. The van der Waals surface area contributed by atoms with Crippen molar-refractivity contribution >= 4 is 22.6 Å². The van der Waals surface area contributed by atoms with Crippen molar-refractivity contribution in [2.45, 2.75) is 13.8 Å². The number of benzene rings is 2. The Bertz CT molecular complexity index is 843. The molecule has 0 aliphatic rings. The maximum atomic E-state index is 12.4. The van der Waals surface area contributed by atoms with E-state index in [0.717, 1.165) is 17.1 Å². The third-order valence-corrected chi connectivity index (χ3v) is 4.02. The molecular formula is C18H17N3O2S. The van der Waals surface area contributed by atoms with Gasteiger partial charge in [-0.15, -0.1) is 0 Å². The summed E-state index contributed by atoms with van der Waals surface area (Å²) in [6, 6.07) is 15.1. The molecule has 0 saturated heterocycles. The maximum absolute atomic E-state index is 12.4. The van der Waals surface area contributed by atoms with Crippen LogP contribution in [-0.4, -0.2) is 21.9 Å². The summed E-state index contributed by atoms with van der Waals surface area (Å²) in [4.78, 5) is 16.8. The molecule has 6 heteroatoms. The standard InChI is InChI=1S/C18H17N3O2S/c1-3-23-15-7-5-4-6-14(15)17(22)20-18-19-16(21-24-18)13-10-8-12(2)9-11-13/h4-11H,3H2,1-2H3,(H,19,20,21,22). The van der Waals surface area contributed by atoms with Crippen LogP contribution in [0.5, 0.6) is 5.75 Å². The van der Waals surface area contributed by atoms with Gasteiger partial charge in [0.2, 0.25) is 5.13 Å². The van der Waals surface area contributed by atoms with Gasteiger partial charge in [-0.1, -0.05) is 42.0 Å². The zero-order valence-corrected chi connectivity index (χ0v) is 14.3. The predicted octanol–water partition coefficient (Wildman–Crippen LogP) is 4.16. The van der Waals surface area contributed by atoms with E-state index in [1.54, 1.807) is 18.2 Å². The number of amides is 1. The second kappa shape index (κ2) is 7.23. The van der Waals surface area contributed by atoms with Crippen molar-refractivity contribution in [3.8, 4) is 17.1 Å². The van der Waals surface area contributed by atoms with E-state index in [0.29, 0.717) is 28.9 Å². The van der Waals surface area contributed by atoms with Crippen molar-refractivity contribution in [2.75, 3.05) is 11.9 Å². The molecule has 3 aromatic rings. The summed E-state index contributed by atoms with van der Waals surface area (Å²) in [5, 5.41) is 3.24. The molecule has 1 amide bonds. The van der Waals surface area contributed by atoms with E-state index in [4.69, 9.17) is 4.74 Å². The summed E-state index contributed by atoms with van der Waals surface area (Å²) in [6.07, 6.45) is 0. The SMILES string of the molecule is CCOc1ccccc1C(=O)Nc1nc(-c2ccc(C)cc2)ns1. The summed E-state index contributed by atoms with van der Waals surface area (Å²) in [7, 11) is 0. The smallest absolute Gasteiger partial charge is 0.261 e. The normalized spacial score (nSPS) is 10.4. The van der Waals surface area contributed by atoms with Gasteiger partial charge in [-0.3, -0.25) is 10.1 Å². The number of carbonyl (C=O) groups is 1. The van der Waals surface area contributed by atoms with Crippen LogP contribution >= 0.6 is 11.5 Å². The van der Waals surface area contributed by atoms with Crippen LogP contribution in [0, 0.1) is 6.92 Å². The summed E-state index contributed by atoms with van der Waals surface area (Å²) in [5.41, 5.74) is 2.58. The molecule has 3 rings (SSSR count). The first kappa shape index (κ1) is 16.1. The predicted molar refractivity (Wildman–Crippen MR) is 95.6 cm³/mol. The van der Waals surface area contributed by atoms with Gasteiger partial charge in [0, 0.05) is 17.1 Å². The quantitative estimate of drug-likeness (QED) is 0.758. The summed E-state index contributed by atoms with van der Waals surface area (Å²) < 4.78 is 9.79. The molecule has 2 aromatic carbocycles. The highest BCUT2D eigenvalue weighted by atomic mass is 32.1. The van der Waals surface area contributed by atoms with Crippen molar-refractivity contribution in [1.82, 2.24) is 9.36 Å². The lowest BCUT2D eigenvalue weighted by molar-refractivity contribution is 0.102. The lowest BCUT2D eigenvalue weighted by Gasteiger charge is -2.08. The van der Waals surface area contributed by atoms with Gasteiger partial charge < -0.3 is 4.74 Å². The van der Waals surface area contributed by atoms with Crippen LogP contribution in [0.2, 0.25) is 0 Å². The number of nitrogens with zero attached hydrogens (tertiary/aromatic N) is 2. The van der Waals surface area contributed by atoms with Gasteiger partial charge in [0.05, 0.1) is 12.2 Å². The minimum absolute atomic E-state index is 0.259. The number of ether oxygens (including phenoxy) is 1. The van der Waals surface area contributed by atoms with Crippen LogP contribution in [-0.2, 0) is 0 Å². The first-order valence-corrected chi connectivity index (χ1v) is 8.38. The van der Waals surface area contributed by atoms with E-state index in [9.17, 15) is 4.79 Å². The Morgan fingerprint density at radius 3 is 2.67 bits per heavy atom. The summed E-state index contributed by atoms with van der Waals surface area (Å²) in [5.74, 6) is 0.903. The highest BCUT2D eigenvalue weighted by Crippen LogP contribution is 2.23. The molecule has 0 saturated carbocycles. The number of aromatic nitrogens is 2. The topological polar surface area (TPSA) is 64.1 Å². The van der Waals surface area contributed by atoms with Crippen molar-refractivity contribution in [3.63, 3.8) is 0 Å². The van der Waals surface area contributed by atoms with Crippen LogP contribution < -0.4 is 10.1 Å². The fourth-order valence-electron chi connectivity index (χ4n) is 2.19. The number of hydrogen-bond donors (Lipinski definition) is 1. The van der Waals surface area contributed by atoms with Gasteiger partial charge >= 0.3 is 0 Å². The highest BCUT2D eigenvalue weighted by molar-refractivity contribution is 7.10. The summed E-state index contributed by atoms with van der Waals surface area (Å²) >= 11 is 1.16. The number of para-hydroxylation sites is 1. The molecule has 24 heavy (non-hydrogen) atoms. The monoisotopic (exact) mass is 339 g/mol. The summed E-state index contributed by atoms with van der Waals surface area (Å²) in [6.45, 7) is 4.41. The van der Waals surface area contributed by atoms with Gasteiger partial charge in [0.1, 0.15) is 5.75 Å². The molecule has 0 aliphatic heterocycles. The maximum Gasteiger partial charge on any atom is 0.261 e. The molecular weight excluding hydrogens is 322 g/mol. The second-order valence-corrected chi connectivity index (χ2v) is 5.92. The Kier molecular flexibility index (Phi) is 4.86. The van der Waals surface area contributed by atoms with Crippen molar-refractivity contribution in [3.05, 3.63) is 59.7 Å². The molecule has 1 N–H and O–H groups in total. The van der Waals surface area contributed by atoms with E-state index in [2.05, 4.69) is 14.7 Å². The van der Waals surface area contributed by atoms with E-state index in [1.807, 2.05) is 44.2 Å². The fraction of sp³-hybridized carbons (Fsp3) is 0.167. The Labute approximate surface area is 144 Å². The molecule has 1 aromatic heterocycles. The molecule has 5 nitrogen and oxygen atoms in total. The van der Waals surface area contributed by atoms with E-state index < -0.39 is 0 Å². The third-order valence-electron chi connectivity index (χ3n) is 3.39. The van der Waals surface area contributed by atoms with Crippen LogP contribution in [0.1, 0.15) is 22.8 Å². The van der Waals surface area contributed by atoms with Crippen LogP contribution in [0.25, 0.3) is 11.4 Å². The largest absolute Gasteiger partial charge is 0.493 e. The van der Waals surface area contributed by atoms with E-state index >= 15 is 0 Å². The van der Waals surface area contributed by atoms with Gasteiger partial charge in [0.15, 0.2) is 5.82 Å². The number of rotatable bonds is 5. The van der Waals surface area contributed by atoms with E-state index in [-0.39, 0.29) is 5.91 Å².